The molecule has 3 heterocycles. The SMILES string of the molecule is Cc1nc(N)c2c(C)nn(-c3nn(-c4ccc5ccccc5c4)c4ccccc34)c2n1. The van der Waals surface area contributed by atoms with Crippen LogP contribution in [0.15, 0.2) is 66.7 Å². The van der Waals surface area contributed by atoms with Crippen molar-refractivity contribution in [3.8, 4) is 11.5 Å². The van der Waals surface area contributed by atoms with Crippen LogP contribution in [0.4, 0.5) is 5.82 Å². The lowest BCUT2D eigenvalue weighted by atomic mass is 10.1. The summed E-state index contributed by atoms with van der Waals surface area (Å²) in [5, 5.41) is 13.8. The number of hydrogen-bond acceptors (Lipinski definition) is 5. The minimum atomic E-state index is 0.435. The van der Waals surface area contributed by atoms with Crippen molar-refractivity contribution in [2.24, 2.45) is 0 Å². The van der Waals surface area contributed by atoms with E-state index in [0.717, 1.165) is 33.1 Å². The topological polar surface area (TPSA) is 87.4 Å². The average molecular weight is 405 g/mol. The highest BCUT2D eigenvalue weighted by molar-refractivity contribution is 5.93. The lowest BCUT2D eigenvalue weighted by Gasteiger charge is -2.05. The van der Waals surface area contributed by atoms with E-state index in [2.05, 4.69) is 52.4 Å². The van der Waals surface area contributed by atoms with Gasteiger partial charge in [0.05, 0.1) is 22.3 Å². The third-order valence-corrected chi connectivity index (χ3v) is 5.59. The Bertz CT molecular complexity index is 1620. The fourth-order valence-corrected chi connectivity index (χ4v) is 4.19. The van der Waals surface area contributed by atoms with Crippen molar-refractivity contribution in [3.63, 3.8) is 0 Å². The summed E-state index contributed by atoms with van der Waals surface area (Å²) < 4.78 is 3.73. The van der Waals surface area contributed by atoms with E-state index in [9.17, 15) is 0 Å². The second kappa shape index (κ2) is 6.37. The Kier molecular flexibility index (Phi) is 3.61. The molecule has 0 radical (unpaired) electrons. The number of nitrogen functional groups attached to an aromatic ring is 1. The van der Waals surface area contributed by atoms with Gasteiger partial charge in [-0.3, -0.25) is 0 Å². The smallest absolute Gasteiger partial charge is 0.185 e. The summed E-state index contributed by atoms with van der Waals surface area (Å²) in [7, 11) is 0. The number of aromatic nitrogens is 6. The molecule has 150 valence electrons. The van der Waals surface area contributed by atoms with Gasteiger partial charge >= 0.3 is 0 Å². The minimum absolute atomic E-state index is 0.435. The number of fused-ring (bicyclic) bond motifs is 3. The van der Waals surface area contributed by atoms with Gasteiger partial charge in [-0.15, -0.1) is 5.10 Å². The largest absolute Gasteiger partial charge is 0.383 e. The van der Waals surface area contributed by atoms with E-state index in [0.29, 0.717) is 23.1 Å². The summed E-state index contributed by atoms with van der Waals surface area (Å²) in [6.07, 6.45) is 0. The molecule has 0 saturated carbocycles. The monoisotopic (exact) mass is 405 g/mol. The van der Waals surface area contributed by atoms with Crippen molar-refractivity contribution in [1.82, 2.24) is 29.5 Å². The van der Waals surface area contributed by atoms with Gasteiger partial charge < -0.3 is 5.73 Å². The Morgan fingerprint density at radius 1 is 0.774 bits per heavy atom. The number of aryl methyl sites for hydroxylation is 2. The Balaban J connectivity index is 1.66. The van der Waals surface area contributed by atoms with E-state index >= 15 is 0 Å². The summed E-state index contributed by atoms with van der Waals surface area (Å²) in [6.45, 7) is 3.74. The molecule has 0 aliphatic heterocycles. The second-order valence-corrected chi connectivity index (χ2v) is 7.64. The molecule has 0 atom stereocenters. The Morgan fingerprint density at radius 3 is 2.42 bits per heavy atom. The first kappa shape index (κ1) is 17.6. The molecule has 0 unspecified atom stereocenters. The van der Waals surface area contributed by atoms with Crippen LogP contribution in [0, 0.1) is 13.8 Å². The average Bonchev–Trinajstić information content (AvgIpc) is 3.31. The minimum Gasteiger partial charge on any atom is -0.383 e. The third-order valence-electron chi connectivity index (χ3n) is 5.59. The predicted octanol–water partition coefficient (Wildman–Crippen LogP) is 4.51. The highest BCUT2D eigenvalue weighted by atomic mass is 15.4. The van der Waals surface area contributed by atoms with E-state index in [-0.39, 0.29) is 0 Å². The van der Waals surface area contributed by atoms with Crippen LogP contribution in [-0.4, -0.2) is 29.5 Å². The Labute approximate surface area is 177 Å². The summed E-state index contributed by atoms with van der Waals surface area (Å²) >= 11 is 0. The van der Waals surface area contributed by atoms with E-state index in [1.165, 1.54) is 5.39 Å². The number of nitrogens with zero attached hydrogens (tertiary/aromatic N) is 6. The second-order valence-electron chi connectivity index (χ2n) is 7.64. The molecule has 6 aromatic rings. The molecule has 7 heteroatoms. The van der Waals surface area contributed by atoms with Gasteiger partial charge in [0.15, 0.2) is 11.5 Å². The predicted molar refractivity (Wildman–Crippen MR) is 123 cm³/mol. The van der Waals surface area contributed by atoms with E-state index < -0.39 is 0 Å². The maximum Gasteiger partial charge on any atom is 0.185 e. The van der Waals surface area contributed by atoms with Crippen molar-refractivity contribution < 1.29 is 0 Å². The quantitative estimate of drug-likeness (QED) is 0.458. The van der Waals surface area contributed by atoms with Gasteiger partial charge in [-0.1, -0.05) is 42.5 Å². The summed E-state index contributed by atoms with van der Waals surface area (Å²) in [4.78, 5) is 8.92. The number of rotatable bonds is 2. The molecule has 0 bridgehead atoms. The van der Waals surface area contributed by atoms with Gasteiger partial charge in [-0.2, -0.15) is 9.78 Å². The van der Waals surface area contributed by atoms with Crippen molar-refractivity contribution in [1.29, 1.82) is 0 Å². The first-order valence-electron chi connectivity index (χ1n) is 10.1. The molecule has 3 aromatic carbocycles. The molecule has 31 heavy (non-hydrogen) atoms. The summed E-state index contributed by atoms with van der Waals surface area (Å²) in [6, 6.07) is 22.8. The number of anilines is 1. The van der Waals surface area contributed by atoms with Crippen LogP contribution in [0.5, 0.6) is 0 Å². The Morgan fingerprint density at radius 2 is 1.55 bits per heavy atom. The highest BCUT2D eigenvalue weighted by Crippen LogP contribution is 2.30. The van der Waals surface area contributed by atoms with Crippen LogP contribution in [0.3, 0.4) is 0 Å². The first-order chi connectivity index (χ1) is 15.1. The van der Waals surface area contributed by atoms with Gasteiger partial charge in [0, 0.05) is 5.39 Å². The number of hydrogen-bond donors (Lipinski definition) is 1. The van der Waals surface area contributed by atoms with Crippen LogP contribution in [0.1, 0.15) is 11.5 Å². The molecule has 7 nitrogen and oxygen atoms in total. The maximum absolute atomic E-state index is 6.18. The molecule has 0 spiro atoms. The molecular weight excluding hydrogens is 386 g/mol. The van der Waals surface area contributed by atoms with Crippen LogP contribution in [-0.2, 0) is 0 Å². The van der Waals surface area contributed by atoms with Crippen LogP contribution in [0.25, 0.3) is 44.2 Å². The number of nitrogens with two attached hydrogens (primary N) is 1. The van der Waals surface area contributed by atoms with Gasteiger partial charge in [-0.05, 0) is 48.9 Å². The fourth-order valence-electron chi connectivity index (χ4n) is 4.19. The van der Waals surface area contributed by atoms with Gasteiger partial charge in [0.2, 0.25) is 0 Å². The lowest BCUT2D eigenvalue weighted by molar-refractivity contribution is 0.804. The van der Waals surface area contributed by atoms with Crippen molar-refractivity contribution >= 4 is 38.5 Å². The van der Waals surface area contributed by atoms with Gasteiger partial charge in [0.25, 0.3) is 0 Å². The molecule has 6 rings (SSSR count). The van der Waals surface area contributed by atoms with E-state index in [4.69, 9.17) is 15.9 Å². The Hall–Kier alpha value is -4.26. The molecule has 2 N–H and O–H groups in total. The molecule has 0 aliphatic rings. The van der Waals surface area contributed by atoms with Gasteiger partial charge in [0.1, 0.15) is 11.6 Å². The standard InChI is InChI=1S/C24H19N7/c1-14-21-22(25)26-15(2)27-24(21)31(28-14)23-19-9-5-6-10-20(19)30(29-23)18-12-11-16-7-3-4-8-17(16)13-18/h3-13H,1-2H3,(H2,25,26,27). The summed E-state index contributed by atoms with van der Waals surface area (Å²) in [5.41, 5.74) is 9.60. The lowest BCUT2D eigenvalue weighted by Crippen LogP contribution is -2.03. The molecule has 3 aromatic heterocycles. The van der Waals surface area contributed by atoms with Crippen LogP contribution in [0.2, 0.25) is 0 Å². The van der Waals surface area contributed by atoms with Crippen molar-refractivity contribution in [2.75, 3.05) is 5.73 Å². The molecular formula is C24H19N7. The molecule has 0 fully saturated rings. The third kappa shape index (κ3) is 2.60. The van der Waals surface area contributed by atoms with Crippen LogP contribution >= 0.6 is 0 Å². The van der Waals surface area contributed by atoms with Crippen molar-refractivity contribution in [3.05, 3.63) is 78.2 Å². The number of benzene rings is 3. The zero-order valence-electron chi connectivity index (χ0n) is 17.1. The van der Waals surface area contributed by atoms with Crippen LogP contribution < -0.4 is 5.73 Å². The zero-order valence-corrected chi connectivity index (χ0v) is 17.1. The fraction of sp³-hybridized carbons (Fsp3) is 0.0833. The highest BCUT2D eigenvalue weighted by Gasteiger charge is 2.20. The van der Waals surface area contributed by atoms with E-state index in [1.807, 2.05) is 42.8 Å². The molecule has 0 saturated heterocycles. The van der Waals surface area contributed by atoms with Gasteiger partial charge in [-0.25, -0.2) is 14.6 Å². The first-order valence-corrected chi connectivity index (χ1v) is 10.1. The molecule has 0 aliphatic carbocycles. The molecule has 0 amide bonds. The number of para-hydroxylation sites is 1. The zero-order chi connectivity index (χ0) is 21.1. The summed E-state index contributed by atoms with van der Waals surface area (Å²) in [5.74, 6) is 1.74. The van der Waals surface area contributed by atoms with E-state index in [1.54, 1.807) is 4.68 Å². The van der Waals surface area contributed by atoms with Crippen molar-refractivity contribution in [2.45, 2.75) is 13.8 Å². The normalized spacial score (nSPS) is 11.7. The maximum atomic E-state index is 6.18.